The van der Waals surface area contributed by atoms with Gasteiger partial charge in [-0.2, -0.15) is 5.26 Å². The predicted octanol–water partition coefficient (Wildman–Crippen LogP) is 3.35. The van der Waals surface area contributed by atoms with Crippen LogP contribution in [-0.2, 0) is 4.79 Å². The molecule has 0 aliphatic heterocycles. The van der Waals surface area contributed by atoms with Crippen molar-refractivity contribution in [1.82, 2.24) is 14.9 Å². The number of carbonyl (C=O) groups is 1. The Kier molecular flexibility index (Phi) is 4.96. The van der Waals surface area contributed by atoms with E-state index in [0.717, 1.165) is 12.8 Å². The molecule has 142 valence electrons. The van der Waals surface area contributed by atoms with Gasteiger partial charge in [0.05, 0.1) is 22.9 Å². The molecule has 0 saturated heterocycles. The van der Waals surface area contributed by atoms with Gasteiger partial charge in [-0.3, -0.25) is 14.2 Å². The van der Waals surface area contributed by atoms with Crippen LogP contribution in [-0.4, -0.2) is 26.8 Å². The van der Waals surface area contributed by atoms with Crippen LogP contribution in [0.1, 0.15) is 19.8 Å². The Balaban J connectivity index is 1.62. The fraction of sp³-hybridized carbons (Fsp3) is 0.300. The number of benzene rings is 1. The van der Waals surface area contributed by atoms with Gasteiger partial charge in [0.2, 0.25) is 5.91 Å². The molecule has 1 fully saturated rings. The summed E-state index contributed by atoms with van der Waals surface area (Å²) in [6, 6.07) is 13.3. The highest BCUT2D eigenvalue weighted by molar-refractivity contribution is 7.99. The summed E-state index contributed by atoms with van der Waals surface area (Å²) < 4.78 is 1.54. The highest BCUT2D eigenvalue weighted by atomic mass is 32.2. The van der Waals surface area contributed by atoms with Crippen molar-refractivity contribution in [1.29, 1.82) is 5.26 Å². The molecule has 1 N–H and O–H groups in total. The van der Waals surface area contributed by atoms with E-state index in [1.807, 2.05) is 35.7 Å². The van der Waals surface area contributed by atoms with E-state index in [0.29, 0.717) is 21.1 Å². The summed E-state index contributed by atoms with van der Waals surface area (Å²) in [6.07, 6.45) is 1.92. The second-order valence-electron chi connectivity index (χ2n) is 6.94. The molecule has 1 amide bonds. The Hall–Kier alpha value is -2.63. The summed E-state index contributed by atoms with van der Waals surface area (Å²) in [4.78, 5) is 30.7. The predicted molar refractivity (Wildman–Crippen MR) is 111 cm³/mol. The summed E-state index contributed by atoms with van der Waals surface area (Å²) in [6.45, 7) is 1.77. The first-order valence-electron chi connectivity index (χ1n) is 8.92. The third kappa shape index (κ3) is 3.55. The van der Waals surface area contributed by atoms with Crippen LogP contribution < -0.4 is 10.9 Å². The van der Waals surface area contributed by atoms with Crippen LogP contribution in [0.15, 0.2) is 51.7 Å². The summed E-state index contributed by atoms with van der Waals surface area (Å²) >= 11 is 2.60. The van der Waals surface area contributed by atoms with Crippen molar-refractivity contribution in [2.45, 2.75) is 30.5 Å². The number of hydrogen-bond acceptors (Lipinski definition) is 6. The molecule has 0 unspecified atom stereocenters. The first-order chi connectivity index (χ1) is 13.5. The highest BCUT2D eigenvalue weighted by Crippen LogP contribution is 2.39. The molecule has 0 spiro atoms. The van der Waals surface area contributed by atoms with E-state index in [-0.39, 0.29) is 23.1 Å². The number of fused-ring (bicyclic) bond motifs is 1. The molecule has 1 aliphatic rings. The van der Waals surface area contributed by atoms with E-state index in [1.54, 1.807) is 13.0 Å². The Morgan fingerprint density at radius 3 is 2.82 bits per heavy atom. The molecule has 4 rings (SSSR count). The number of amides is 1. The van der Waals surface area contributed by atoms with E-state index in [4.69, 9.17) is 0 Å². The molecule has 6 nitrogen and oxygen atoms in total. The molecule has 1 atom stereocenters. The molecule has 1 saturated carbocycles. The minimum absolute atomic E-state index is 0.0835. The zero-order valence-electron chi connectivity index (χ0n) is 15.2. The first kappa shape index (κ1) is 18.7. The van der Waals surface area contributed by atoms with Gasteiger partial charge in [0, 0.05) is 0 Å². The average Bonchev–Trinajstić information content (AvgIpc) is 3.46. The van der Waals surface area contributed by atoms with Gasteiger partial charge in [-0.15, -0.1) is 11.3 Å². The fourth-order valence-corrected chi connectivity index (χ4v) is 4.75. The molecule has 2 aromatic heterocycles. The van der Waals surface area contributed by atoms with Gasteiger partial charge in [0.25, 0.3) is 5.56 Å². The van der Waals surface area contributed by atoms with Gasteiger partial charge in [-0.05, 0) is 49.3 Å². The Bertz CT molecular complexity index is 1130. The van der Waals surface area contributed by atoms with Gasteiger partial charge in [0.1, 0.15) is 10.4 Å². The summed E-state index contributed by atoms with van der Waals surface area (Å²) in [5.41, 5.74) is -0.280. The number of rotatable bonds is 6. The lowest BCUT2D eigenvalue weighted by Gasteiger charge is -2.22. The number of nitrogens with one attached hydrogen (secondary N) is 1. The highest BCUT2D eigenvalue weighted by Gasteiger charge is 2.42. The van der Waals surface area contributed by atoms with Gasteiger partial charge in [0.15, 0.2) is 5.16 Å². The van der Waals surface area contributed by atoms with Crippen molar-refractivity contribution in [2.24, 2.45) is 5.92 Å². The van der Waals surface area contributed by atoms with E-state index < -0.39 is 5.54 Å². The lowest BCUT2D eigenvalue weighted by molar-refractivity contribution is -0.119. The minimum Gasteiger partial charge on any atom is -0.337 e. The van der Waals surface area contributed by atoms with Crippen molar-refractivity contribution < 1.29 is 4.79 Å². The van der Waals surface area contributed by atoms with Crippen molar-refractivity contribution in [3.8, 4) is 11.8 Å². The smallest absolute Gasteiger partial charge is 0.267 e. The van der Waals surface area contributed by atoms with Gasteiger partial charge in [-0.25, -0.2) is 4.98 Å². The van der Waals surface area contributed by atoms with E-state index >= 15 is 0 Å². The Labute approximate surface area is 170 Å². The Morgan fingerprint density at radius 2 is 2.14 bits per heavy atom. The van der Waals surface area contributed by atoms with Crippen LogP contribution in [0.25, 0.3) is 15.9 Å². The maximum absolute atomic E-state index is 13.0. The zero-order valence-corrected chi connectivity index (χ0v) is 16.8. The van der Waals surface area contributed by atoms with E-state index in [1.165, 1.54) is 27.7 Å². The molecular formula is C20H18N4O2S2. The SMILES string of the molecule is C[C@](C#N)(NC(=O)CSc1nc2sccc2c(=O)n1-c1ccccc1)C1CC1. The van der Waals surface area contributed by atoms with Crippen LogP contribution in [0.4, 0.5) is 0 Å². The molecule has 3 aromatic rings. The molecule has 0 radical (unpaired) electrons. The standard InChI is InChI=1S/C20H18N4O2S2/c1-20(12-21,13-7-8-13)23-16(25)11-28-19-22-17-15(9-10-27-17)18(26)24(19)14-5-3-2-4-6-14/h2-6,9-10,13H,7-8,11H2,1H3,(H,23,25)/t20-/m1/s1. The maximum Gasteiger partial charge on any atom is 0.267 e. The molecule has 1 aromatic carbocycles. The monoisotopic (exact) mass is 410 g/mol. The van der Waals surface area contributed by atoms with E-state index in [2.05, 4.69) is 16.4 Å². The number of hydrogen-bond donors (Lipinski definition) is 1. The third-order valence-electron chi connectivity index (χ3n) is 4.84. The second-order valence-corrected chi connectivity index (χ2v) is 8.77. The van der Waals surface area contributed by atoms with Crippen molar-refractivity contribution in [3.05, 3.63) is 52.1 Å². The number of para-hydroxylation sites is 1. The fourth-order valence-electron chi connectivity index (χ4n) is 3.13. The van der Waals surface area contributed by atoms with Crippen LogP contribution in [0.3, 0.4) is 0 Å². The normalized spacial score (nSPS) is 15.7. The minimum atomic E-state index is -0.831. The molecule has 28 heavy (non-hydrogen) atoms. The first-order valence-corrected chi connectivity index (χ1v) is 10.8. The molecule has 0 bridgehead atoms. The van der Waals surface area contributed by atoms with Crippen molar-refractivity contribution >= 4 is 39.2 Å². The molecule has 1 aliphatic carbocycles. The van der Waals surface area contributed by atoms with Crippen LogP contribution in [0, 0.1) is 17.2 Å². The lowest BCUT2D eigenvalue weighted by atomic mass is 9.98. The average molecular weight is 411 g/mol. The number of aromatic nitrogens is 2. The zero-order chi connectivity index (χ0) is 19.7. The van der Waals surface area contributed by atoms with Crippen molar-refractivity contribution in [2.75, 3.05) is 5.75 Å². The summed E-state index contributed by atoms with van der Waals surface area (Å²) in [5, 5.41) is 15.1. The number of thiophene rings is 1. The van der Waals surface area contributed by atoms with Crippen LogP contribution >= 0.6 is 23.1 Å². The number of nitrogens with zero attached hydrogens (tertiary/aromatic N) is 3. The van der Waals surface area contributed by atoms with Gasteiger partial charge < -0.3 is 5.32 Å². The Morgan fingerprint density at radius 1 is 1.39 bits per heavy atom. The summed E-state index contributed by atoms with van der Waals surface area (Å²) in [7, 11) is 0. The van der Waals surface area contributed by atoms with Gasteiger partial charge >= 0.3 is 0 Å². The lowest BCUT2D eigenvalue weighted by Crippen LogP contribution is -2.47. The number of carbonyl (C=O) groups excluding carboxylic acids is 1. The molecule has 2 heterocycles. The number of nitriles is 1. The van der Waals surface area contributed by atoms with Crippen molar-refractivity contribution in [3.63, 3.8) is 0 Å². The van der Waals surface area contributed by atoms with Crippen LogP contribution in [0.5, 0.6) is 0 Å². The number of thioether (sulfide) groups is 1. The summed E-state index contributed by atoms with van der Waals surface area (Å²) in [5.74, 6) is 0.0655. The molecular weight excluding hydrogens is 392 g/mol. The maximum atomic E-state index is 13.0. The quantitative estimate of drug-likeness (QED) is 0.497. The van der Waals surface area contributed by atoms with E-state index in [9.17, 15) is 14.9 Å². The largest absolute Gasteiger partial charge is 0.337 e. The third-order valence-corrected chi connectivity index (χ3v) is 6.58. The van der Waals surface area contributed by atoms with Gasteiger partial charge in [-0.1, -0.05) is 30.0 Å². The topological polar surface area (TPSA) is 87.8 Å². The molecule has 8 heteroatoms. The van der Waals surface area contributed by atoms with Crippen LogP contribution in [0.2, 0.25) is 0 Å². The second kappa shape index (κ2) is 7.41.